The lowest BCUT2D eigenvalue weighted by Crippen LogP contribution is -2.14. The number of carbonyl (C=O) groups excluding carboxylic acids is 1. The maximum absolute atomic E-state index is 12.0. The molecule has 8 nitrogen and oxygen atoms in total. The summed E-state index contributed by atoms with van der Waals surface area (Å²) < 4.78 is 1.92. The molecule has 1 aliphatic carbocycles. The Labute approximate surface area is 136 Å². The number of nitro groups is 1. The van der Waals surface area contributed by atoms with E-state index in [1.807, 2.05) is 11.6 Å². The summed E-state index contributed by atoms with van der Waals surface area (Å²) in [5.41, 5.74) is 0.347. The number of hydrogen-bond acceptors (Lipinski definition) is 6. The van der Waals surface area contributed by atoms with Crippen LogP contribution in [0.2, 0.25) is 0 Å². The molecule has 0 unspecified atom stereocenters. The van der Waals surface area contributed by atoms with Crippen LogP contribution in [0.15, 0.2) is 29.4 Å². The molecule has 1 N–H and O–H groups in total. The highest BCUT2D eigenvalue weighted by atomic mass is 32.2. The van der Waals surface area contributed by atoms with Crippen LogP contribution in [0.4, 0.5) is 11.4 Å². The van der Waals surface area contributed by atoms with Crippen molar-refractivity contribution in [1.29, 1.82) is 0 Å². The van der Waals surface area contributed by atoms with Crippen LogP contribution < -0.4 is 5.32 Å². The van der Waals surface area contributed by atoms with E-state index in [2.05, 4.69) is 15.5 Å². The molecule has 3 rings (SSSR count). The molecular weight excluding hydrogens is 318 g/mol. The first kappa shape index (κ1) is 15.5. The zero-order valence-electron chi connectivity index (χ0n) is 12.4. The largest absolute Gasteiger partial charge is 0.325 e. The van der Waals surface area contributed by atoms with Gasteiger partial charge in [-0.2, -0.15) is 0 Å². The minimum absolute atomic E-state index is 0.0576. The number of thioether (sulfide) groups is 1. The van der Waals surface area contributed by atoms with Crippen LogP contribution in [0.5, 0.6) is 0 Å². The van der Waals surface area contributed by atoms with E-state index in [4.69, 9.17) is 0 Å². The molecule has 0 spiro atoms. The van der Waals surface area contributed by atoms with Gasteiger partial charge in [-0.3, -0.25) is 14.9 Å². The van der Waals surface area contributed by atoms with Crippen LogP contribution in [0.1, 0.15) is 24.6 Å². The second-order valence-corrected chi connectivity index (χ2v) is 6.26. The van der Waals surface area contributed by atoms with E-state index in [9.17, 15) is 14.9 Å². The number of aromatic nitrogens is 3. The Morgan fingerprint density at radius 3 is 2.96 bits per heavy atom. The second kappa shape index (κ2) is 6.37. The molecule has 0 atom stereocenters. The Hall–Kier alpha value is -2.42. The van der Waals surface area contributed by atoms with Gasteiger partial charge in [-0.1, -0.05) is 17.8 Å². The Kier molecular flexibility index (Phi) is 4.28. The Balaban J connectivity index is 1.57. The number of rotatable bonds is 6. The van der Waals surface area contributed by atoms with Gasteiger partial charge in [0.15, 0.2) is 5.16 Å². The van der Waals surface area contributed by atoms with Crippen molar-refractivity contribution in [2.24, 2.45) is 7.05 Å². The summed E-state index contributed by atoms with van der Waals surface area (Å²) >= 11 is 1.29. The van der Waals surface area contributed by atoms with Crippen molar-refractivity contribution in [2.75, 3.05) is 11.1 Å². The predicted octanol–water partition coefficient (Wildman–Crippen LogP) is 2.33. The number of nitro benzene ring substituents is 1. The number of nitrogens with one attached hydrogen (secondary N) is 1. The standard InChI is InChI=1S/C14H15N5O3S/c1-18-13(9-5-6-9)16-17-14(18)23-8-12(20)15-10-3-2-4-11(7-10)19(21)22/h2-4,7,9H,5-6,8H2,1H3,(H,15,20). The number of hydrogen-bond donors (Lipinski definition) is 1. The quantitative estimate of drug-likeness (QED) is 0.494. The molecule has 1 heterocycles. The summed E-state index contributed by atoms with van der Waals surface area (Å²) in [7, 11) is 1.90. The van der Waals surface area contributed by atoms with E-state index in [1.165, 1.54) is 30.0 Å². The Morgan fingerprint density at radius 1 is 1.48 bits per heavy atom. The molecule has 23 heavy (non-hydrogen) atoms. The fraction of sp³-hybridized carbons (Fsp3) is 0.357. The highest BCUT2D eigenvalue weighted by Gasteiger charge is 2.29. The van der Waals surface area contributed by atoms with E-state index in [0.717, 1.165) is 18.7 Å². The SMILES string of the molecule is Cn1c(SCC(=O)Nc2cccc([N+](=O)[O-])c2)nnc1C1CC1. The first-order chi connectivity index (χ1) is 11.0. The summed E-state index contributed by atoms with van der Waals surface area (Å²) in [6, 6.07) is 5.86. The van der Waals surface area contributed by atoms with Gasteiger partial charge in [-0.05, 0) is 18.9 Å². The summed E-state index contributed by atoms with van der Waals surface area (Å²) in [5.74, 6) is 1.39. The fourth-order valence-electron chi connectivity index (χ4n) is 2.17. The zero-order valence-corrected chi connectivity index (χ0v) is 13.2. The molecule has 0 saturated heterocycles. The Bertz CT molecular complexity index is 757. The lowest BCUT2D eigenvalue weighted by molar-refractivity contribution is -0.384. The van der Waals surface area contributed by atoms with Gasteiger partial charge in [0.1, 0.15) is 5.82 Å². The third kappa shape index (κ3) is 3.67. The summed E-state index contributed by atoms with van der Waals surface area (Å²) in [4.78, 5) is 22.2. The number of benzene rings is 1. The van der Waals surface area contributed by atoms with Gasteiger partial charge in [0.25, 0.3) is 5.69 Å². The normalized spacial score (nSPS) is 13.8. The molecule has 0 radical (unpaired) electrons. The van der Waals surface area contributed by atoms with Crippen LogP contribution in [-0.2, 0) is 11.8 Å². The number of amides is 1. The minimum atomic E-state index is -0.497. The third-order valence-electron chi connectivity index (χ3n) is 3.48. The van der Waals surface area contributed by atoms with Gasteiger partial charge < -0.3 is 9.88 Å². The molecule has 1 amide bonds. The molecule has 1 fully saturated rings. The zero-order chi connectivity index (χ0) is 16.4. The molecule has 120 valence electrons. The van der Waals surface area contributed by atoms with Gasteiger partial charge in [0.2, 0.25) is 5.91 Å². The molecule has 1 aliphatic rings. The molecule has 1 aromatic heterocycles. The molecule has 0 bridgehead atoms. The van der Waals surface area contributed by atoms with E-state index < -0.39 is 4.92 Å². The lowest BCUT2D eigenvalue weighted by atomic mass is 10.3. The van der Waals surface area contributed by atoms with Crippen molar-refractivity contribution in [1.82, 2.24) is 14.8 Å². The Morgan fingerprint density at radius 2 is 2.26 bits per heavy atom. The van der Waals surface area contributed by atoms with Crippen LogP contribution in [-0.4, -0.2) is 31.3 Å². The average molecular weight is 333 g/mol. The van der Waals surface area contributed by atoms with Crippen molar-refractivity contribution in [3.8, 4) is 0 Å². The number of carbonyl (C=O) groups is 1. The first-order valence-corrected chi connectivity index (χ1v) is 8.09. The molecular formula is C14H15N5O3S. The van der Waals surface area contributed by atoms with E-state index in [1.54, 1.807) is 6.07 Å². The fourth-order valence-corrected chi connectivity index (χ4v) is 2.89. The highest BCUT2D eigenvalue weighted by Crippen LogP contribution is 2.39. The van der Waals surface area contributed by atoms with Crippen LogP contribution in [0.25, 0.3) is 0 Å². The topological polar surface area (TPSA) is 103 Å². The molecule has 1 saturated carbocycles. The van der Waals surface area contributed by atoms with Gasteiger partial charge in [0.05, 0.1) is 10.7 Å². The van der Waals surface area contributed by atoms with Gasteiger partial charge in [-0.25, -0.2) is 0 Å². The summed E-state index contributed by atoms with van der Waals surface area (Å²) in [5, 5.41) is 22.3. The van der Waals surface area contributed by atoms with Crippen molar-refractivity contribution < 1.29 is 9.72 Å². The van der Waals surface area contributed by atoms with Crippen molar-refractivity contribution in [3.63, 3.8) is 0 Å². The molecule has 2 aromatic rings. The van der Waals surface area contributed by atoms with E-state index >= 15 is 0 Å². The van der Waals surface area contributed by atoms with Gasteiger partial charge in [0, 0.05) is 30.8 Å². The number of anilines is 1. The summed E-state index contributed by atoms with van der Waals surface area (Å²) in [6.07, 6.45) is 2.29. The van der Waals surface area contributed by atoms with Crippen molar-refractivity contribution >= 4 is 29.0 Å². The van der Waals surface area contributed by atoms with Gasteiger partial charge >= 0.3 is 0 Å². The van der Waals surface area contributed by atoms with Gasteiger partial charge in [-0.15, -0.1) is 10.2 Å². The molecule has 9 heteroatoms. The van der Waals surface area contributed by atoms with Crippen molar-refractivity contribution in [2.45, 2.75) is 23.9 Å². The van der Waals surface area contributed by atoms with E-state index in [-0.39, 0.29) is 17.3 Å². The van der Waals surface area contributed by atoms with Crippen LogP contribution in [0.3, 0.4) is 0 Å². The second-order valence-electron chi connectivity index (χ2n) is 5.32. The highest BCUT2D eigenvalue weighted by molar-refractivity contribution is 7.99. The third-order valence-corrected chi connectivity index (χ3v) is 4.50. The summed E-state index contributed by atoms with van der Waals surface area (Å²) in [6.45, 7) is 0. The maximum atomic E-state index is 12.0. The molecule has 1 aromatic carbocycles. The smallest absolute Gasteiger partial charge is 0.271 e. The van der Waals surface area contributed by atoms with E-state index in [0.29, 0.717) is 16.8 Å². The van der Waals surface area contributed by atoms with Crippen LogP contribution >= 0.6 is 11.8 Å². The maximum Gasteiger partial charge on any atom is 0.271 e. The van der Waals surface area contributed by atoms with Crippen molar-refractivity contribution in [3.05, 3.63) is 40.2 Å². The first-order valence-electron chi connectivity index (χ1n) is 7.11. The number of nitrogens with zero attached hydrogens (tertiary/aromatic N) is 4. The monoisotopic (exact) mass is 333 g/mol. The minimum Gasteiger partial charge on any atom is -0.325 e. The average Bonchev–Trinajstić information content (AvgIpc) is 3.29. The lowest BCUT2D eigenvalue weighted by Gasteiger charge is -2.05. The predicted molar refractivity (Wildman–Crippen MR) is 85.4 cm³/mol. The molecule has 0 aliphatic heterocycles. The van der Waals surface area contributed by atoms with Crippen LogP contribution in [0, 0.1) is 10.1 Å². The number of non-ortho nitro benzene ring substituents is 1.